The van der Waals surface area contributed by atoms with Crippen molar-refractivity contribution in [3.63, 3.8) is 0 Å². The first kappa shape index (κ1) is 15.4. The number of ether oxygens (including phenoxy) is 1. The molecule has 0 heterocycles. The third-order valence-corrected chi connectivity index (χ3v) is 3.58. The van der Waals surface area contributed by atoms with Crippen LogP contribution in [0.25, 0.3) is 0 Å². The Morgan fingerprint density at radius 3 is 2.76 bits per heavy atom. The van der Waals surface area contributed by atoms with Crippen LogP contribution in [0, 0.1) is 11.3 Å². The van der Waals surface area contributed by atoms with Gasteiger partial charge in [-0.3, -0.25) is 0 Å². The fourth-order valence-electron chi connectivity index (χ4n) is 2.10. The molecule has 108 valence electrons. The van der Waals surface area contributed by atoms with E-state index in [4.69, 9.17) is 21.6 Å². The van der Waals surface area contributed by atoms with Crippen molar-refractivity contribution in [1.29, 1.82) is 5.26 Å². The van der Waals surface area contributed by atoms with Gasteiger partial charge in [0.25, 0.3) is 0 Å². The number of rotatable bonds is 5. The molecule has 0 aliphatic carbocycles. The summed E-state index contributed by atoms with van der Waals surface area (Å²) in [6, 6.07) is 15.7. The van der Waals surface area contributed by atoms with E-state index in [1.165, 1.54) is 0 Å². The second-order valence-corrected chi connectivity index (χ2v) is 5.24. The van der Waals surface area contributed by atoms with Crippen LogP contribution in [0.2, 0.25) is 5.02 Å². The van der Waals surface area contributed by atoms with Crippen LogP contribution >= 0.6 is 11.6 Å². The quantitative estimate of drug-likeness (QED) is 0.905. The number of benzene rings is 2. The number of nitrogens with one attached hydrogen (secondary N) is 1. The summed E-state index contributed by atoms with van der Waals surface area (Å²) < 4.78 is 5.22. The van der Waals surface area contributed by atoms with E-state index in [0.717, 1.165) is 16.1 Å². The van der Waals surface area contributed by atoms with Gasteiger partial charge in [-0.1, -0.05) is 29.8 Å². The van der Waals surface area contributed by atoms with Gasteiger partial charge in [0.15, 0.2) is 0 Å². The molecule has 2 rings (SSSR count). The Morgan fingerprint density at radius 2 is 2.10 bits per heavy atom. The number of nitriles is 1. The lowest BCUT2D eigenvalue weighted by molar-refractivity contribution is 0.412. The van der Waals surface area contributed by atoms with Crippen LogP contribution in [0.3, 0.4) is 0 Å². The van der Waals surface area contributed by atoms with E-state index in [9.17, 15) is 0 Å². The minimum absolute atomic E-state index is 0.185. The molecule has 0 bridgehead atoms. The van der Waals surface area contributed by atoms with Crippen molar-refractivity contribution >= 4 is 11.6 Å². The topological polar surface area (TPSA) is 45.0 Å². The molecule has 4 heteroatoms. The third kappa shape index (κ3) is 3.98. The molecule has 0 aliphatic heterocycles. The molecular weight excluding hydrogens is 284 g/mol. The van der Waals surface area contributed by atoms with Gasteiger partial charge in [0.1, 0.15) is 11.8 Å². The Morgan fingerprint density at radius 1 is 1.29 bits per heavy atom. The molecule has 0 aromatic heterocycles. The highest BCUT2D eigenvalue weighted by molar-refractivity contribution is 6.30. The van der Waals surface area contributed by atoms with Gasteiger partial charge in [0.2, 0.25) is 0 Å². The molecule has 0 radical (unpaired) electrons. The second-order valence-electron chi connectivity index (χ2n) is 4.80. The third-order valence-electron chi connectivity index (χ3n) is 3.35. The predicted molar refractivity (Wildman–Crippen MR) is 84.4 cm³/mol. The van der Waals surface area contributed by atoms with Crippen molar-refractivity contribution < 1.29 is 4.74 Å². The first-order chi connectivity index (χ1) is 10.1. The zero-order chi connectivity index (χ0) is 15.2. The first-order valence-electron chi connectivity index (χ1n) is 6.70. The molecule has 0 spiro atoms. The molecular formula is C17H17ClN2O. The highest BCUT2D eigenvalue weighted by atomic mass is 35.5. The van der Waals surface area contributed by atoms with Crippen molar-refractivity contribution in [2.75, 3.05) is 7.11 Å². The lowest BCUT2D eigenvalue weighted by atomic mass is 10.1. The molecule has 3 nitrogen and oxygen atoms in total. The summed E-state index contributed by atoms with van der Waals surface area (Å²) in [6.45, 7) is 2.78. The molecule has 0 fully saturated rings. The molecule has 0 saturated carbocycles. The zero-order valence-electron chi connectivity index (χ0n) is 12.1. The van der Waals surface area contributed by atoms with Crippen molar-refractivity contribution in [2.24, 2.45) is 0 Å². The zero-order valence-corrected chi connectivity index (χ0v) is 12.8. The van der Waals surface area contributed by atoms with E-state index >= 15 is 0 Å². The molecule has 0 amide bonds. The van der Waals surface area contributed by atoms with Gasteiger partial charge in [0.05, 0.1) is 12.7 Å². The van der Waals surface area contributed by atoms with E-state index in [0.29, 0.717) is 17.9 Å². The molecule has 2 aromatic rings. The number of nitrogens with zero attached hydrogens (tertiary/aromatic N) is 1. The maximum absolute atomic E-state index is 8.98. The maximum Gasteiger partial charge on any atom is 0.136 e. The van der Waals surface area contributed by atoms with Gasteiger partial charge in [-0.05, 0) is 42.3 Å². The summed E-state index contributed by atoms with van der Waals surface area (Å²) in [5, 5.41) is 13.1. The molecule has 0 saturated heterocycles. The van der Waals surface area contributed by atoms with Crippen LogP contribution in [0.4, 0.5) is 0 Å². The van der Waals surface area contributed by atoms with Crippen LogP contribution in [0.15, 0.2) is 42.5 Å². The molecule has 0 aliphatic rings. The number of hydrogen-bond acceptors (Lipinski definition) is 3. The second kappa shape index (κ2) is 7.12. The van der Waals surface area contributed by atoms with Gasteiger partial charge >= 0.3 is 0 Å². The van der Waals surface area contributed by atoms with Crippen LogP contribution in [0.1, 0.15) is 29.7 Å². The number of hydrogen-bond donors (Lipinski definition) is 1. The maximum atomic E-state index is 8.98. The van der Waals surface area contributed by atoms with E-state index in [1.54, 1.807) is 13.2 Å². The predicted octanol–water partition coefficient (Wildman–Crippen LogP) is 4.07. The van der Waals surface area contributed by atoms with E-state index in [-0.39, 0.29) is 6.04 Å². The van der Waals surface area contributed by atoms with Crippen LogP contribution in [-0.2, 0) is 6.54 Å². The lowest BCUT2D eigenvalue weighted by Gasteiger charge is -2.15. The minimum atomic E-state index is 0.185. The molecule has 1 N–H and O–H groups in total. The molecule has 2 aromatic carbocycles. The minimum Gasteiger partial charge on any atom is -0.495 e. The van der Waals surface area contributed by atoms with Crippen LogP contribution in [-0.4, -0.2) is 7.11 Å². The van der Waals surface area contributed by atoms with Crippen molar-refractivity contribution in [3.8, 4) is 11.8 Å². The average molecular weight is 301 g/mol. The fourth-order valence-corrected chi connectivity index (χ4v) is 2.30. The summed E-state index contributed by atoms with van der Waals surface area (Å²) in [5.41, 5.74) is 2.76. The van der Waals surface area contributed by atoms with E-state index in [1.807, 2.05) is 36.4 Å². The van der Waals surface area contributed by atoms with E-state index < -0.39 is 0 Å². The fraction of sp³-hybridized carbons (Fsp3) is 0.235. The van der Waals surface area contributed by atoms with Gasteiger partial charge in [-0.25, -0.2) is 0 Å². The van der Waals surface area contributed by atoms with Gasteiger partial charge < -0.3 is 10.1 Å². The van der Waals surface area contributed by atoms with Crippen LogP contribution in [0.5, 0.6) is 5.75 Å². The summed E-state index contributed by atoms with van der Waals surface area (Å²) >= 11 is 6.00. The molecule has 0 unspecified atom stereocenters. The van der Waals surface area contributed by atoms with Crippen LogP contribution < -0.4 is 10.1 Å². The molecule has 21 heavy (non-hydrogen) atoms. The van der Waals surface area contributed by atoms with Gasteiger partial charge in [0, 0.05) is 17.6 Å². The van der Waals surface area contributed by atoms with Crippen molar-refractivity contribution in [1.82, 2.24) is 5.32 Å². The van der Waals surface area contributed by atoms with Crippen molar-refractivity contribution in [3.05, 3.63) is 64.2 Å². The SMILES string of the molecule is COc1cc(CN[C@@H](C)c2cccc(Cl)c2)ccc1C#N. The highest BCUT2D eigenvalue weighted by Crippen LogP contribution is 2.21. The number of methoxy groups -OCH3 is 1. The highest BCUT2D eigenvalue weighted by Gasteiger charge is 2.07. The smallest absolute Gasteiger partial charge is 0.136 e. The Balaban J connectivity index is 2.04. The normalized spacial score (nSPS) is 11.7. The van der Waals surface area contributed by atoms with Crippen molar-refractivity contribution in [2.45, 2.75) is 19.5 Å². The molecule has 1 atom stereocenters. The monoisotopic (exact) mass is 300 g/mol. The Bertz CT molecular complexity index is 664. The Kier molecular flexibility index (Phi) is 5.21. The van der Waals surface area contributed by atoms with Gasteiger partial charge in [-0.15, -0.1) is 0 Å². The summed E-state index contributed by atoms with van der Waals surface area (Å²) in [5.74, 6) is 0.604. The largest absolute Gasteiger partial charge is 0.495 e. The van der Waals surface area contributed by atoms with E-state index in [2.05, 4.69) is 18.3 Å². The summed E-state index contributed by atoms with van der Waals surface area (Å²) in [4.78, 5) is 0. The Labute approximate surface area is 130 Å². The number of halogens is 1. The summed E-state index contributed by atoms with van der Waals surface area (Å²) in [6.07, 6.45) is 0. The lowest BCUT2D eigenvalue weighted by Crippen LogP contribution is -2.18. The van der Waals surface area contributed by atoms with Gasteiger partial charge in [-0.2, -0.15) is 5.26 Å². The Hall–Kier alpha value is -2.02. The average Bonchev–Trinajstić information content (AvgIpc) is 2.52. The first-order valence-corrected chi connectivity index (χ1v) is 7.07. The standard InChI is InChI=1S/C17H17ClN2O/c1-12(14-4-3-5-16(18)9-14)20-11-13-6-7-15(10-19)17(8-13)21-2/h3-9,12,20H,11H2,1-2H3/t12-/m0/s1. The summed E-state index contributed by atoms with van der Waals surface area (Å²) in [7, 11) is 1.57.